The second-order valence-corrected chi connectivity index (χ2v) is 11.4. The SMILES string of the molecule is Cc1nnn(C)c1-c1cnc2c3ccc(N4CCC(F)(F)CC4)cc3n(C(c3ncccc3F)C3CCOCC3)c2c1. The van der Waals surface area contributed by atoms with Crippen molar-refractivity contribution in [2.45, 2.75) is 44.6 Å². The number of hydrogen-bond donors (Lipinski definition) is 0. The minimum absolute atomic E-state index is 0.0584. The summed E-state index contributed by atoms with van der Waals surface area (Å²) in [6.07, 6.45) is 4.60. The highest BCUT2D eigenvalue weighted by atomic mass is 19.3. The number of alkyl halides is 2. The fourth-order valence-corrected chi connectivity index (χ4v) is 6.67. The Morgan fingerprint density at radius 3 is 2.52 bits per heavy atom. The first-order valence-corrected chi connectivity index (χ1v) is 14.4. The summed E-state index contributed by atoms with van der Waals surface area (Å²) in [4.78, 5) is 11.5. The van der Waals surface area contributed by atoms with Gasteiger partial charge in [0.2, 0.25) is 0 Å². The number of pyridine rings is 2. The fraction of sp³-hybridized carbons (Fsp3) is 0.419. The number of hydrogen-bond acceptors (Lipinski definition) is 6. The van der Waals surface area contributed by atoms with E-state index in [4.69, 9.17) is 9.72 Å². The maximum Gasteiger partial charge on any atom is 0.251 e. The zero-order chi connectivity index (χ0) is 29.0. The van der Waals surface area contributed by atoms with Gasteiger partial charge in [0.1, 0.15) is 5.82 Å². The van der Waals surface area contributed by atoms with Crippen LogP contribution in [0.15, 0.2) is 48.8 Å². The molecule has 2 fully saturated rings. The Bertz CT molecular complexity index is 1750. The zero-order valence-electron chi connectivity index (χ0n) is 23.6. The van der Waals surface area contributed by atoms with E-state index in [2.05, 4.69) is 25.9 Å². The quantitative estimate of drug-likeness (QED) is 0.253. The number of benzene rings is 1. The topological polar surface area (TPSA) is 73.9 Å². The summed E-state index contributed by atoms with van der Waals surface area (Å²) in [5.41, 5.74) is 6.20. The van der Waals surface area contributed by atoms with Crippen molar-refractivity contribution in [3.05, 3.63) is 66.0 Å². The van der Waals surface area contributed by atoms with Gasteiger partial charge in [-0.15, -0.1) is 5.10 Å². The number of ether oxygens (including phenoxy) is 1. The molecule has 2 aliphatic heterocycles. The van der Waals surface area contributed by atoms with E-state index in [0.717, 1.165) is 57.4 Å². The summed E-state index contributed by atoms with van der Waals surface area (Å²) in [5.74, 6) is -2.95. The van der Waals surface area contributed by atoms with Crippen molar-refractivity contribution in [2.75, 3.05) is 31.2 Å². The second-order valence-electron chi connectivity index (χ2n) is 11.4. The van der Waals surface area contributed by atoms with Crippen molar-refractivity contribution in [1.82, 2.24) is 29.5 Å². The highest BCUT2D eigenvalue weighted by Crippen LogP contribution is 2.42. The molecule has 1 atom stereocenters. The summed E-state index contributed by atoms with van der Waals surface area (Å²) in [7, 11) is 1.84. The summed E-state index contributed by atoms with van der Waals surface area (Å²) in [6, 6.07) is 10.7. The predicted molar refractivity (Wildman–Crippen MR) is 154 cm³/mol. The average molecular weight is 576 g/mol. The minimum atomic E-state index is -2.64. The van der Waals surface area contributed by atoms with Crippen molar-refractivity contribution in [3.8, 4) is 11.3 Å². The molecule has 218 valence electrons. The first-order valence-electron chi connectivity index (χ1n) is 14.4. The van der Waals surface area contributed by atoms with Gasteiger partial charge in [0.05, 0.1) is 39.7 Å². The van der Waals surface area contributed by atoms with Crippen molar-refractivity contribution in [2.24, 2.45) is 13.0 Å². The lowest BCUT2D eigenvalue weighted by molar-refractivity contribution is -0.0220. The van der Waals surface area contributed by atoms with Gasteiger partial charge in [-0.25, -0.2) is 17.9 Å². The van der Waals surface area contributed by atoms with Crippen molar-refractivity contribution >= 4 is 27.6 Å². The van der Waals surface area contributed by atoms with E-state index >= 15 is 4.39 Å². The summed E-state index contributed by atoms with van der Waals surface area (Å²) in [6.45, 7) is 3.62. The third kappa shape index (κ3) is 4.59. The first kappa shape index (κ1) is 26.9. The number of aromatic nitrogens is 6. The van der Waals surface area contributed by atoms with Crippen LogP contribution in [0.25, 0.3) is 33.2 Å². The molecule has 0 N–H and O–H groups in total. The zero-order valence-corrected chi connectivity index (χ0v) is 23.6. The van der Waals surface area contributed by atoms with Crippen molar-refractivity contribution in [1.29, 1.82) is 0 Å². The number of piperidine rings is 1. The summed E-state index contributed by atoms with van der Waals surface area (Å²) in [5, 5.41) is 9.32. The number of fused-ring (bicyclic) bond motifs is 3. The smallest absolute Gasteiger partial charge is 0.251 e. The molecule has 1 aromatic carbocycles. The van der Waals surface area contributed by atoms with E-state index in [-0.39, 0.29) is 37.7 Å². The van der Waals surface area contributed by atoms with Crippen LogP contribution < -0.4 is 4.90 Å². The molecular formula is C31H32F3N7O. The Hall–Kier alpha value is -3.99. The molecule has 6 heterocycles. The Morgan fingerprint density at radius 1 is 1.02 bits per heavy atom. The normalized spacial score (nSPS) is 18.6. The molecule has 2 aliphatic rings. The maximum atomic E-state index is 15.6. The molecule has 2 saturated heterocycles. The largest absolute Gasteiger partial charge is 0.381 e. The van der Waals surface area contributed by atoms with E-state index in [1.807, 2.05) is 43.3 Å². The number of halogens is 3. The van der Waals surface area contributed by atoms with Gasteiger partial charge in [-0.05, 0) is 62.1 Å². The van der Waals surface area contributed by atoms with E-state index in [0.29, 0.717) is 18.9 Å². The van der Waals surface area contributed by atoms with Crippen LogP contribution in [0.2, 0.25) is 0 Å². The van der Waals surface area contributed by atoms with Crippen LogP contribution in [0.4, 0.5) is 18.9 Å². The molecule has 7 rings (SSSR count). The standard InChI is InChI=1S/C31H32F3N7O/c1-19-29(39(2)38-37-19)21-16-26-27(36-18-21)23-6-5-22(40-12-9-31(33,34)10-13-40)17-25(23)41(26)30(20-7-14-42-15-8-20)28-24(32)4-3-11-35-28/h3-6,11,16-18,20,30H,7-10,12-15H2,1-2H3. The lowest BCUT2D eigenvalue weighted by Crippen LogP contribution is -2.39. The number of anilines is 1. The Morgan fingerprint density at radius 2 is 1.81 bits per heavy atom. The Kier molecular flexibility index (Phi) is 6.64. The van der Waals surface area contributed by atoms with Gasteiger partial charge >= 0.3 is 0 Å². The van der Waals surface area contributed by atoms with Crippen molar-refractivity contribution < 1.29 is 17.9 Å². The highest BCUT2D eigenvalue weighted by Gasteiger charge is 2.35. The van der Waals surface area contributed by atoms with E-state index in [1.165, 1.54) is 6.07 Å². The number of rotatable bonds is 5. The minimum Gasteiger partial charge on any atom is -0.381 e. The van der Waals surface area contributed by atoms with Gasteiger partial charge in [-0.2, -0.15) is 0 Å². The molecule has 42 heavy (non-hydrogen) atoms. The van der Waals surface area contributed by atoms with Gasteiger partial charge in [-0.3, -0.25) is 9.97 Å². The summed E-state index contributed by atoms with van der Waals surface area (Å²) >= 11 is 0. The Balaban J connectivity index is 1.49. The highest BCUT2D eigenvalue weighted by molar-refractivity contribution is 6.07. The van der Waals surface area contributed by atoms with Crippen LogP contribution in [-0.2, 0) is 11.8 Å². The molecular weight excluding hydrogens is 543 g/mol. The molecule has 0 amide bonds. The molecule has 0 bridgehead atoms. The molecule has 1 unspecified atom stereocenters. The van der Waals surface area contributed by atoms with Crippen LogP contribution in [0.5, 0.6) is 0 Å². The predicted octanol–water partition coefficient (Wildman–Crippen LogP) is 6.08. The van der Waals surface area contributed by atoms with Gasteiger partial charge in [-0.1, -0.05) is 5.21 Å². The monoisotopic (exact) mass is 575 g/mol. The Labute approximate surface area is 241 Å². The van der Waals surface area contributed by atoms with Gasteiger partial charge in [0, 0.05) is 75.2 Å². The van der Waals surface area contributed by atoms with Gasteiger partial charge < -0.3 is 14.2 Å². The van der Waals surface area contributed by atoms with Crippen LogP contribution in [-0.4, -0.2) is 61.8 Å². The molecule has 5 aromatic rings. The third-order valence-electron chi connectivity index (χ3n) is 8.81. The molecule has 0 radical (unpaired) electrons. The van der Waals surface area contributed by atoms with E-state index < -0.39 is 12.0 Å². The molecule has 0 saturated carbocycles. The summed E-state index contributed by atoms with van der Waals surface area (Å²) < 4.78 is 53.2. The van der Waals surface area contributed by atoms with Gasteiger partial charge in [0.25, 0.3) is 5.92 Å². The molecule has 8 nitrogen and oxygen atoms in total. The third-order valence-corrected chi connectivity index (χ3v) is 8.81. The van der Waals surface area contributed by atoms with E-state index in [9.17, 15) is 8.78 Å². The molecule has 0 spiro atoms. The molecule has 0 aliphatic carbocycles. The van der Waals surface area contributed by atoms with Crippen LogP contribution in [0.1, 0.15) is 43.1 Å². The molecule has 4 aromatic heterocycles. The first-order chi connectivity index (χ1) is 20.3. The number of nitrogens with zero attached hydrogens (tertiary/aromatic N) is 7. The lowest BCUT2D eigenvalue weighted by atomic mass is 9.88. The van der Waals surface area contributed by atoms with Crippen LogP contribution >= 0.6 is 0 Å². The fourth-order valence-electron chi connectivity index (χ4n) is 6.67. The molecule has 11 heteroatoms. The van der Waals surface area contributed by atoms with Crippen LogP contribution in [0, 0.1) is 18.7 Å². The average Bonchev–Trinajstić information content (AvgIpc) is 3.50. The van der Waals surface area contributed by atoms with Crippen molar-refractivity contribution in [3.63, 3.8) is 0 Å². The number of aryl methyl sites for hydroxylation is 2. The van der Waals surface area contributed by atoms with E-state index in [1.54, 1.807) is 16.9 Å². The lowest BCUT2D eigenvalue weighted by Gasteiger charge is -2.34. The van der Waals surface area contributed by atoms with Gasteiger partial charge in [0.15, 0.2) is 0 Å². The maximum absolute atomic E-state index is 15.6. The van der Waals surface area contributed by atoms with Crippen LogP contribution in [0.3, 0.4) is 0 Å². The second kappa shape index (κ2) is 10.4.